The van der Waals surface area contributed by atoms with E-state index in [0.717, 1.165) is 27.9 Å². The Morgan fingerprint density at radius 1 is 1.00 bits per heavy atom. The molecule has 2 aromatic rings. The van der Waals surface area contributed by atoms with Crippen molar-refractivity contribution in [3.8, 4) is 0 Å². The Labute approximate surface area is 121 Å². The number of nitrogens with zero attached hydrogens (tertiary/aromatic N) is 1. The zero-order valence-electron chi connectivity index (χ0n) is 12.6. The maximum absolute atomic E-state index is 12.8. The van der Waals surface area contributed by atoms with E-state index >= 15 is 0 Å². The number of para-hydroxylation sites is 1. The van der Waals surface area contributed by atoms with E-state index in [4.69, 9.17) is 0 Å². The van der Waals surface area contributed by atoms with Gasteiger partial charge in [0.05, 0.1) is 0 Å². The summed E-state index contributed by atoms with van der Waals surface area (Å²) >= 11 is 0. The second-order valence-corrected chi connectivity index (χ2v) is 5.15. The normalized spacial score (nSPS) is 10.4. The molecule has 0 atom stereocenters. The highest BCUT2D eigenvalue weighted by Gasteiger charge is 2.19. The highest BCUT2D eigenvalue weighted by atomic mass is 16.2. The number of carbonyl (C=O) groups is 1. The largest absolute Gasteiger partial charge is 0.308 e. The summed E-state index contributed by atoms with van der Waals surface area (Å²) in [7, 11) is 0. The van der Waals surface area contributed by atoms with Crippen LogP contribution in [0.4, 0.5) is 5.69 Å². The molecule has 2 heteroatoms. The zero-order valence-corrected chi connectivity index (χ0v) is 12.6. The number of aryl methyl sites for hydroxylation is 3. The third-order valence-corrected chi connectivity index (χ3v) is 3.59. The summed E-state index contributed by atoms with van der Waals surface area (Å²) in [6.07, 6.45) is 0. The van der Waals surface area contributed by atoms with Crippen molar-refractivity contribution in [2.24, 2.45) is 0 Å². The highest BCUT2D eigenvalue weighted by Crippen LogP contribution is 2.23. The van der Waals surface area contributed by atoms with Crippen molar-refractivity contribution >= 4 is 11.6 Å². The summed E-state index contributed by atoms with van der Waals surface area (Å²) in [6.45, 7) is 8.71. The molecule has 2 aromatic carbocycles. The molecule has 20 heavy (non-hydrogen) atoms. The summed E-state index contributed by atoms with van der Waals surface area (Å²) in [5.74, 6) is 0.0722. The summed E-state index contributed by atoms with van der Waals surface area (Å²) in [4.78, 5) is 14.7. The minimum absolute atomic E-state index is 0.0722. The maximum Gasteiger partial charge on any atom is 0.258 e. The van der Waals surface area contributed by atoms with E-state index in [9.17, 15) is 4.79 Å². The van der Waals surface area contributed by atoms with Crippen molar-refractivity contribution < 1.29 is 4.79 Å². The van der Waals surface area contributed by atoms with Gasteiger partial charge in [0.15, 0.2) is 0 Å². The number of hydrogen-bond acceptors (Lipinski definition) is 1. The van der Waals surface area contributed by atoms with Crippen molar-refractivity contribution in [3.05, 3.63) is 64.7 Å². The molecule has 0 saturated carbocycles. The van der Waals surface area contributed by atoms with E-state index in [1.165, 1.54) is 0 Å². The van der Waals surface area contributed by atoms with Crippen molar-refractivity contribution in [2.45, 2.75) is 27.7 Å². The quantitative estimate of drug-likeness (QED) is 0.813. The van der Waals surface area contributed by atoms with Crippen LogP contribution < -0.4 is 4.90 Å². The van der Waals surface area contributed by atoms with Gasteiger partial charge in [-0.15, -0.1) is 0 Å². The Morgan fingerprint density at radius 2 is 1.70 bits per heavy atom. The van der Waals surface area contributed by atoms with Crippen molar-refractivity contribution in [3.63, 3.8) is 0 Å². The predicted molar refractivity (Wildman–Crippen MR) is 84.4 cm³/mol. The fourth-order valence-electron chi connectivity index (χ4n) is 2.40. The average molecular weight is 267 g/mol. The monoisotopic (exact) mass is 267 g/mol. The molecular formula is C18H21NO. The molecular weight excluding hydrogens is 246 g/mol. The molecule has 0 radical (unpaired) electrons. The van der Waals surface area contributed by atoms with Crippen LogP contribution in [0, 0.1) is 20.8 Å². The van der Waals surface area contributed by atoms with Gasteiger partial charge in [-0.05, 0) is 51.0 Å². The molecule has 0 aromatic heterocycles. The zero-order chi connectivity index (χ0) is 14.7. The van der Waals surface area contributed by atoms with Crippen LogP contribution in [0.1, 0.15) is 34.0 Å². The third kappa shape index (κ3) is 2.74. The van der Waals surface area contributed by atoms with Crippen LogP contribution in [-0.4, -0.2) is 12.5 Å². The van der Waals surface area contributed by atoms with Gasteiger partial charge in [-0.2, -0.15) is 0 Å². The lowest BCUT2D eigenvalue weighted by Crippen LogP contribution is -2.31. The van der Waals surface area contributed by atoms with Crippen molar-refractivity contribution in [1.29, 1.82) is 0 Å². The second kappa shape index (κ2) is 5.91. The van der Waals surface area contributed by atoms with Crippen LogP contribution in [0.25, 0.3) is 0 Å². The minimum atomic E-state index is 0.0722. The highest BCUT2D eigenvalue weighted by molar-refractivity contribution is 6.07. The number of hydrogen-bond donors (Lipinski definition) is 0. The van der Waals surface area contributed by atoms with Gasteiger partial charge in [0, 0.05) is 17.8 Å². The molecule has 0 spiro atoms. The smallest absolute Gasteiger partial charge is 0.258 e. The van der Waals surface area contributed by atoms with Crippen LogP contribution in [0.5, 0.6) is 0 Å². The van der Waals surface area contributed by atoms with Gasteiger partial charge < -0.3 is 4.90 Å². The lowest BCUT2D eigenvalue weighted by molar-refractivity contribution is 0.0987. The van der Waals surface area contributed by atoms with E-state index in [-0.39, 0.29) is 5.91 Å². The maximum atomic E-state index is 12.8. The Hall–Kier alpha value is -2.09. The SMILES string of the molecule is CCN(C(=O)c1cc(C)ccc1C)c1ccccc1C. The Morgan fingerprint density at radius 3 is 2.35 bits per heavy atom. The topological polar surface area (TPSA) is 20.3 Å². The molecule has 0 fully saturated rings. The Bertz CT molecular complexity index is 631. The molecule has 0 aliphatic heterocycles. The van der Waals surface area contributed by atoms with Crippen LogP contribution >= 0.6 is 0 Å². The van der Waals surface area contributed by atoms with Gasteiger partial charge >= 0.3 is 0 Å². The third-order valence-electron chi connectivity index (χ3n) is 3.59. The van der Waals surface area contributed by atoms with E-state index in [1.54, 1.807) is 0 Å². The molecule has 0 aliphatic rings. The number of rotatable bonds is 3. The van der Waals surface area contributed by atoms with Crippen LogP contribution in [-0.2, 0) is 0 Å². The fourth-order valence-corrected chi connectivity index (χ4v) is 2.40. The van der Waals surface area contributed by atoms with Crippen LogP contribution in [0.3, 0.4) is 0 Å². The number of amides is 1. The van der Waals surface area contributed by atoms with Crippen molar-refractivity contribution in [2.75, 3.05) is 11.4 Å². The first kappa shape index (κ1) is 14.3. The Kier molecular flexibility index (Phi) is 4.23. The van der Waals surface area contributed by atoms with Gasteiger partial charge in [0.1, 0.15) is 0 Å². The van der Waals surface area contributed by atoms with Gasteiger partial charge in [0.2, 0.25) is 0 Å². The summed E-state index contributed by atoms with van der Waals surface area (Å²) < 4.78 is 0. The van der Waals surface area contributed by atoms with E-state index in [1.807, 2.05) is 75.1 Å². The van der Waals surface area contributed by atoms with Gasteiger partial charge in [-0.25, -0.2) is 0 Å². The van der Waals surface area contributed by atoms with Gasteiger partial charge in [0.25, 0.3) is 5.91 Å². The van der Waals surface area contributed by atoms with Gasteiger partial charge in [-0.3, -0.25) is 4.79 Å². The summed E-state index contributed by atoms with van der Waals surface area (Å²) in [5, 5.41) is 0. The van der Waals surface area contributed by atoms with Gasteiger partial charge in [-0.1, -0.05) is 35.9 Å². The fraction of sp³-hybridized carbons (Fsp3) is 0.278. The molecule has 104 valence electrons. The molecule has 0 heterocycles. The lowest BCUT2D eigenvalue weighted by Gasteiger charge is -2.24. The Balaban J connectivity index is 2.45. The van der Waals surface area contributed by atoms with Crippen LogP contribution in [0.2, 0.25) is 0 Å². The molecule has 2 nitrogen and oxygen atoms in total. The first-order valence-corrected chi connectivity index (χ1v) is 6.99. The molecule has 0 bridgehead atoms. The van der Waals surface area contributed by atoms with Crippen molar-refractivity contribution in [1.82, 2.24) is 0 Å². The van der Waals surface area contributed by atoms with E-state index in [2.05, 4.69) is 0 Å². The minimum Gasteiger partial charge on any atom is -0.308 e. The number of carbonyl (C=O) groups excluding carboxylic acids is 1. The first-order chi connectivity index (χ1) is 9.54. The molecule has 0 saturated heterocycles. The predicted octanol–water partition coefficient (Wildman–Crippen LogP) is 4.28. The molecule has 1 amide bonds. The number of anilines is 1. The van der Waals surface area contributed by atoms with E-state index < -0.39 is 0 Å². The number of benzene rings is 2. The molecule has 2 rings (SSSR count). The lowest BCUT2D eigenvalue weighted by atomic mass is 10.0. The molecule has 0 unspecified atom stereocenters. The summed E-state index contributed by atoms with van der Waals surface area (Å²) in [5.41, 5.74) is 5.02. The standard InChI is InChI=1S/C18H21NO/c1-5-19(17-9-7-6-8-15(17)4)18(20)16-12-13(2)10-11-14(16)3/h6-12H,5H2,1-4H3. The molecule has 0 aliphatic carbocycles. The average Bonchev–Trinajstić information content (AvgIpc) is 2.44. The second-order valence-electron chi connectivity index (χ2n) is 5.15. The van der Waals surface area contributed by atoms with Crippen LogP contribution in [0.15, 0.2) is 42.5 Å². The first-order valence-electron chi connectivity index (χ1n) is 6.99. The van der Waals surface area contributed by atoms with E-state index in [0.29, 0.717) is 6.54 Å². The molecule has 0 N–H and O–H groups in total. The summed E-state index contributed by atoms with van der Waals surface area (Å²) in [6, 6.07) is 14.0.